The van der Waals surface area contributed by atoms with Gasteiger partial charge in [0.05, 0.1) is 0 Å². The van der Waals surface area contributed by atoms with Crippen LogP contribution < -0.4 is 11.5 Å². The van der Waals surface area contributed by atoms with Crippen LogP contribution in [0.5, 0.6) is 0 Å². The summed E-state index contributed by atoms with van der Waals surface area (Å²) >= 11 is 2.21. The van der Waals surface area contributed by atoms with Gasteiger partial charge in [0.25, 0.3) is 0 Å². The summed E-state index contributed by atoms with van der Waals surface area (Å²) in [5.74, 6) is 0. The topological polar surface area (TPSA) is 52.0 Å². The molecule has 0 aromatic rings. The molecular formula is C20H44N2S. The van der Waals surface area contributed by atoms with E-state index < -0.39 is 0 Å². The molecule has 0 radical (unpaired) electrons. The summed E-state index contributed by atoms with van der Waals surface area (Å²) in [5, 5.41) is 1.52. The lowest BCUT2D eigenvalue weighted by molar-refractivity contribution is 0.571. The van der Waals surface area contributed by atoms with Crippen LogP contribution in [0, 0.1) is 0 Å². The average molecular weight is 345 g/mol. The molecule has 0 bridgehead atoms. The van der Waals surface area contributed by atoms with Gasteiger partial charge >= 0.3 is 0 Å². The van der Waals surface area contributed by atoms with Crippen molar-refractivity contribution < 1.29 is 0 Å². The fraction of sp³-hybridized carbons (Fsp3) is 1.00. The Kier molecular flexibility index (Phi) is 18.8. The molecule has 0 aliphatic heterocycles. The molecule has 0 fully saturated rings. The SMILES string of the molecule is CCCCCCCC(CCN)SC(CCN)CCCCCCC. The molecule has 23 heavy (non-hydrogen) atoms. The molecular weight excluding hydrogens is 300 g/mol. The second-order valence-corrected chi connectivity index (χ2v) is 8.55. The van der Waals surface area contributed by atoms with Crippen molar-refractivity contribution in [2.24, 2.45) is 11.5 Å². The fourth-order valence-electron chi connectivity index (χ4n) is 3.16. The summed E-state index contributed by atoms with van der Waals surface area (Å²) in [6.07, 6.45) is 18.9. The van der Waals surface area contributed by atoms with E-state index in [-0.39, 0.29) is 0 Å². The van der Waals surface area contributed by atoms with Crippen LogP contribution in [-0.4, -0.2) is 23.6 Å². The normalized spacial score (nSPS) is 14.1. The number of hydrogen-bond acceptors (Lipinski definition) is 3. The van der Waals surface area contributed by atoms with Gasteiger partial charge in [-0.3, -0.25) is 0 Å². The number of rotatable bonds is 18. The first-order valence-corrected chi connectivity index (χ1v) is 11.3. The van der Waals surface area contributed by atoms with Gasteiger partial charge < -0.3 is 11.5 Å². The van der Waals surface area contributed by atoms with E-state index in [4.69, 9.17) is 11.5 Å². The maximum atomic E-state index is 5.85. The molecule has 4 N–H and O–H groups in total. The van der Waals surface area contributed by atoms with Crippen LogP contribution in [-0.2, 0) is 0 Å². The zero-order valence-electron chi connectivity index (χ0n) is 16.0. The average Bonchev–Trinajstić information content (AvgIpc) is 2.54. The molecule has 0 saturated carbocycles. The highest BCUT2D eigenvalue weighted by Crippen LogP contribution is 2.30. The minimum absolute atomic E-state index is 0.758. The molecule has 0 rings (SSSR count). The van der Waals surface area contributed by atoms with Crippen molar-refractivity contribution in [1.29, 1.82) is 0 Å². The zero-order valence-corrected chi connectivity index (χ0v) is 16.8. The van der Waals surface area contributed by atoms with Gasteiger partial charge in [0, 0.05) is 10.5 Å². The Morgan fingerprint density at radius 3 is 1.30 bits per heavy atom. The van der Waals surface area contributed by atoms with E-state index in [1.54, 1.807) is 0 Å². The standard InChI is InChI=1S/C20H44N2S/c1-3-5-7-9-11-13-19(15-17-21)23-20(16-18-22)14-12-10-8-6-4-2/h19-20H,3-18,21-22H2,1-2H3. The molecule has 0 aliphatic carbocycles. The molecule has 2 unspecified atom stereocenters. The molecule has 2 atom stereocenters. The largest absolute Gasteiger partial charge is 0.330 e. The first-order valence-electron chi connectivity index (χ1n) is 10.3. The van der Waals surface area contributed by atoms with E-state index >= 15 is 0 Å². The smallest absolute Gasteiger partial charge is 0.00618 e. The summed E-state index contributed by atoms with van der Waals surface area (Å²) in [7, 11) is 0. The van der Waals surface area contributed by atoms with Crippen molar-refractivity contribution in [3.05, 3.63) is 0 Å². The highest BCUT2D eigenvalue weighted by Gasteiger charge is 2.16. The molecule has 0 saturated heterocycles. The van der Waals surface area contributed by atoms with Gasteiger partial charge in [0.1, 0.15) is 0 Å². The number of unbranched alkanes of at least 4 members (excludes halogenated alkanes) is 8. The Labute approximate surface area is 150 Å². The van der Waals surface area contributed by atoms with Crippen LogP contribution in [0.1, 0.15) is 104 Å². The van der Waals surface area contributed by atoms with Crippen LogP contribution >= 0.6 is 11.8 Å². The molecule has 0 aliphatic rings. The van der Waals surface area contributed by atoms with Gasteiger partial charge in [-0.15, -0.1) is 0 Å². The summed E-state index contributed by atoms with van der Waals surface area (Å²) in [6.45, 7) is 6.23. The molecule has 0 amide bonds. The quantitative estimate of drug-likeness (QED) is 0.305. The second kappa shape index (κ2) is 18.6. The lowest BCUT2D eigenvalue weighted by atomic mass is 10.1. The minimum Gasteiger partial charge on any atom is -0.330 e. The fourth-order valence-corrected chi connectivity index (χ4v) is 4.85. The van der Waals surface area contributed by atoms with Crippen LogP contribution in [0.4, 0.5) is 0 Å². The van der Waals surface area contributed by atoms with E-state index in [0.29, 0.717) is 0 Å². The first-order chi connectivity index (χ1) is 11.3. The summed E-state index contributed by atoms with van der Waals surface area (Å²) in [6, 6.07) is 0. The van der Waals surface area contributed by atoms with E-state index in [9.17, 15) is 0 Å². The minimum atomic E-state index is 0.758. The molecule has 3 heteroatoms. The molecule has 0 heterocycles. The lowest BCUT2D eigenvalue weighted by Gasteiger charge is -2.23. The highest BCUT2D eigenvalue weighted by atomic mass is 32.2. The van der Waals surface area contributed by atoms with Crippen molar-refractivity contribution >= 4 is 11.8 Å². The predicted molar refractivity (Wildman–Crippen MR) is 109 cm³/mol. The Morgan fingerprint density at radius 1 is 0.565 bits per heavy atom. The van der Waals surface area contributed by atoms with E-state index in [1.807, 2.05) is 0 Å². The molecule has 0 aromatic carbocycles. The molecule has 2 nitrogen and oxygen atoms in total. The van der Waals surface area contributed by atoms with Crippen molar-refractivity contribution in [2.75, 3.05) is 13.1 Å². The highest BCUT2D eigenvalue weighted by molar-refractivity contribution is 8.00. The molecule has 140 valence electrons. The molecule has 0 spiro atoms. The van der Waals surface area contributed by atoms with Gasteiger partial charge in [-0.25, -0.2) is 0 Å². The van der Waals surface area contributed by atoms with Gasteiger partial charge in [-0.05, 0) is 38.8 Å². The number of hydrogen-bond donors (Lipinski definition) is 2. The zero-order chi connectivity index (χ0) is 17.2. The van der Waals surface area contributed by atoms with Crippen LogP contribution in [0.2, 0.25) is 0 Å². The Balaban J connectivity index is 4.02. The van der Waals surface area contributed by atoms with Crippen molar-refractivity contribution in [3.8, 4) is 0 Å². The van der Waals surface area contributed by atoms with Gasteiger partial charge in [-0.2, -0.15) is 11.8 Å². The number of thioether (sulfide) groups is 1. The Bertz CT molecular complexity index is 202. The van der Waals surface area contributed by atoms with Crippen molar-refractivity contribution in [3.63, 3.8) is 0 Å². The van der Waals surface area contributed by atoms with E-state index in [2.05, 4.69) is 25.6 Å². The molecule has 0 aromatic heterocycles. The predicted octanol–water partition coefficient (Wildman–Crippen LogP) is 5.88. The summed E-state index contributed by atoms with van der Waals surface area (Å²) in [4.78, 5) is 0. The van der Waals surface area contributed by atoms with Gasteiger partial charge in [0.2, 0.25) is 0 Å². The van der Waals surface area contributed by atoms with Crippen molar-refractivity contribution in [2.45, 2.75) is 114 Å². The third kappa shape index (κ3) is 15.5. The maximum Gasteiger partial charge on any atom is 0.00618 e. The maximum absolute atomic E-state index is 5.85. The van der Waals surface area contributed by atoms with Gasteiger partial charge in [0.15, 0.2) is 0 Å². The third-order valence-corrected chi connectivity index (χ3v) is 6.33. The lowest BCUT2D eigenvalue weighted by Crippen LogP contribution is -2.18. The van der Waals surface area contributed by atoms with Crippen molar-refractivity contribution in [1.82, 2.24) is 0 Å². The Hall–Kier alpha value is 0.270. The Morgan fingerprint density at radius 2 is 0.957 bits per heavy atom. The van der Waals surface area contributed by atoms with Gasteiger partial charge in [-0.1, -0.05) is 78.1 Å². The van der Waals surface area contributed by atoms with Crippen LogP contribution in [0.25, 0.3) is 0 Å². The second-order valence-electron chi connectivity index (χ2n) is 6.94. The third-order valence-electron chi connectivity index (χ3n) is 4.62. The van der Waals surface area contributed by atoms with Crippen LogP contribution in [0.15, 0.2) is 0 Å². The monoisotopic (exact) mass is 344 g/mol. The number of nitrogens with two attached hydrogens (primary N) is 2. The summed E-state index contributed by atoms with van der Waals surface area (Å²) in [5.41, 5.74) is 11.7. The van der Waals surface area contributed by atoms with E-state index in [1.165, 1.54) is 89.9 Å². The van der Waals surface area contributed by atoms with E-state index in [0.717, 1.165) is 23.6 Å². The first kappa shape index (κ1) is 23.3. The summed E-state index contributed by atoms with van der Waals surface area (Å²) < 4.78 is 0. The van der Waals surface area contributed by atoms with Crippen LogP contribution in [0.3, 0.4) is 0 Å².